The summed E-state index contributed by atoms with van der Waals surface area (Å²) in [5.74, 6) is 0.869. The van der Waals surface area contributed by atoms with Crippen LogP contribution in [-0.2, 0) is 4.74 Å². The molecule has 0 saturated carbocycles. The molecule has 0 unspecified atom stereocenters. The Labute approximate surface area is 74.7 Å². The van der Waals surface area contributed by atoms with Crippen LogP contribution in [0, 0.1) is 0 Å². The van der Waals surface area contributed by atoms with E-state index in [0.29, 0.717) is 6.61 Å². The molecule has 0 N–H and O–H groups in total. The van der Waals surface area contributed by atoms with Crippen molar-refractivity contribution in [1.29, 1.82) is 0 Å². The summed E-state index contributed by atoms with van der Waals surface area (Å²) in [5, 5.41) is 0. The van der Waals surface area contributed by atoms with Gasteiger partial charge in [-0.25, -0.2) is 0 Å². The minimum atomic E-state index is 0.555. The lowest BCUT2D eigenvalue weighted by Crippen LogP contribution is -1.87. The summed E-state index contributed by atoms with van der Waals surface area (Å²) >= 11 is 0. The summed E-state index contributed by atoms with van der Waals surface area (Å²) in [5.41, 5.74) is 0. The lowest BCUT2D eigenvalue weighted by Gasteiger charge is -2.01. The summed E-state index contributed by atoms with van der Waals surface area (Å²) in [7, 11) is 0. The molecule has 0 aromatic rings. The standard InChI is InChI=1S/C11H16O/c1-4-7-8-9-11(6-3)12-10-5-2/h4-9H,2,10H2,1,3H3/b7-4-,9-8-,11-6+. The molecule has 0 spiro atoms. The zero-order valence-electron chi connectivity index (χ0n) is 7.79. The van der Waals surface area contributed by atoms with Gasteiger partial charge in [-0.2, -0.15) is 0 Å². The first-order valence-corrected chi connectivity index (χ1v) is 4.04. The van der Waals surface area contributed by atoms with Crippen LogP contribution in [0.25, 0.3) is 0 Å². The van der Waals surface area contributed by atoms with Gasteiger partial charge in [0, 0.05) is 0 Å². The normalized spacial score (nSPS) is 12.7. The van der Waals surface area contributed by atoms with E-state index in [0.717, 1.165) is 5.76 Å². The lowest BCUT2D eigenvalue weighted by molar-refractivity contribution is 0.261. The molecule has 0 aliphatic heterocycles. The van der Waals surface area contributed by atoms with Crippen molar-refractivity contribution < 1.29 is 4.74 Å². The van der Waals surface area contributed by atoms with Gasteiger partial charge < -0.3 is 4.74 Å². The van der Waals surface area contributed by atoms with Gasteiger partial charge in [-0.1, -0.05) is 30.9 Å². The summed E-state index contributed by atoms with van der Waals surface area (Å²) in [6.07, 6.45) is 11.4. The molecule has 0 aromatic carbocycles. The fraction of sp³-hybridized carbons (Fsp3) is 0.273. The van der Waals surface area contributed by atoms with Gasteiger partial charge in [-0.05, 0) is 26.0 Å². The van der Waals surface area contributed by atoms with Gasteiger partial charge in [0.1, 0.15) is 12.4 Å². The average Bonchev–Trinajstić information content (AvgIpc) is 2.11. The van der Waals surface area contributed by atoms with Crippen LogP contribution >= 0.6 is 0 Å². The highest BCUT2D eigenvalue weighted by molar-refractivity contribution is 5.16. The molecule has 0 atom stereocenters. The van der Waals surface area contributed by atoms with Crippen LogP contribution < -0.4 is 0 Å². The van der Waals surface area contributed by atoms with E-state index >= 15 is 0 Å². The van der Waals surface area contributed by atoms with Crippen molar-refractivity contribution in [2.75, 3.05) is 6.61 Å². The summed E-state index contributed by atoms with van der Waals surface area (Å²) in [4.78, 5) is 0. The largest absolute Gasteiger partial charge is 0.490 e. The second-order valence-corrected chi connectivity index (χ2v) is 2.18. The van der Waals surface area contributed by atoms with E-state index < -0.39 is 0 Å². The third-order valence-corrected chi connectivity index (χ3v) is 1.22. The van der Waals surface area contributed by atoms with Gasteiger partial charge in [0.05, 0.1) is 0 Å². The quantitative estimate of drug-likeness (QED) is 0.344. The Hall–Kier alpha value is -1.24. The van der Waals surface area contributed by atoms with E-state index in [1.54, 1.807) is 6.08 Å². The maximum atomic E-state index is 5.31. The Morgan fingerprint density at radius 1 is 1.33 bits per heavy atom. The highest BCUT2D eigenvalue weighted by atomic mass is 16.5. The molecule has 0 radical (unpaired) electrons. The fourth-order valence-corrected chi connectivity index (χ4v) is 0.644. The number of ether oxygens (including phenoxy) is 1. The van der Waals surface area contributed by atoms with Crippen molar-refractivity contribution in [2.24, 2.45) is 0 Å². The molecule has 0 rings (SSSR count). The summed E-state index contributed by atoms with van der Waals surface area (Å²) in [6, 6.07) is 0. The SMILES string of the molecule is C=CCOC(/C=C\C=C/C)=C/C. The average molecular weight is 164 g/mol. The maximum absolute atomic E-state index is 5.31. The van der Waals surface area contributed by atoms with Crippen molar-refractivity contribution in [3.05, 3.63) is 48.8 Å². The van der Waals surface area contributed by atoms with Crippen LogP contribution in [0.2, 0.25) is 0 Å². The topological polar surface area (TPSA) is 9.23 Å². The second-order valence-electron chi connectivity index (χ2n) is 2.18. The predicted molar refractivity (Wildman–Crippen MR) is 53.9 cm³/mol. The highest BCUT2D eigenvalue weighted by Gasteiger charge is 1.85. The molecule has 12 heavy (non-hydrogen) atoms. The van der Waals surface area contributed by atoms with E-state index in [2.05, 4.69) is 6.58 Å². The van der Waals surface area contributed by atoms with Gasteiger partial charge in [-0.15, -0.1) is 0 Å². The van der Waals surface area contributed by atoms with Crippen LogP contribution in [0.4, 0.5) is 0 Å². The second kappa shape index (κ2) is 7.86. The van der Waals surface area contributed by atoms with E-state index in [-0.39, 0.29) is 0 Å². The molecule has 66 valence electrons. The first-order valence-electron chi connectivity index (χ1n) is 4.04. The molecule has 0 fully saturated rings. The van der Waals surface area contributed by atoms with Crippen LogP contribution in [0.5, 0.6) is 0 Å². The highest BCUT2D eigenvalue weighted by Crippen LogP contribution is 1.99. The molecule has 0 saturated heterocycles. The number of hydrogen-bond donors (Lipinski definition) is 0. The van der Waals surface area contributed by atoms with Crippen LogP contribution in [0.15, 0.2) is 48.8 Å². The molecular weight excluding hydrogens is 148 g/mol. The molecule has 0 aliphatic rings. The van der Waals surface area contributed by atoms with Crippen molar-refractivity contribution in [3.63, 3.8) is 0 Å². The number of allylic oxidation sites excluding steroid dienone is 5. The molecule has 1 heteroatoms. The molecule has 1 nitrogen and oxygen atoms in total. The number of hydrogen-bond acceptors (Lipinski definition) is 1. The third-order valence-electron chi connectivity index (χ3n) is 1.22. The van der Waals surface area contributed by atoms with Crippen molar-refractivity contribution in [3.8, 4) is 0 Å². The smallest absolute Gasteiger partial charge is 0.115 e. The van der Waals surface area contributed by atoms with Crippen LogP contribution in [0.1, 0.15) is 13.8 Å². The van der Waals surface area contributed by atoms with E-state index in [1.165, 1.54) is 0 Å². The Kier molecular flexibility index (Phi) is 7.05. The Morgan fingerprint density at radius 3 is 2.58 bits per heavy atom. The molecule has 0 amide bonds. The number of rotatable bonds is 5. The summed E-state index contributed by atoms with van der Waals surface area (Å²) in [6.45, 7) is 8.05. The van der Waals surface area contributed by atoms with Crippen molar-refractivity contribution >= 4 is 0 Å². The molecular formula is C11H16O. The summed E-state index contributed by atoms with van der Waals surface area (Å²) < 4.78 is 5.31. The third kappa shape index (κ3) is 5.54. The first-order chi connectivity index (χ1) is 5.85. The first kappa shape index (κ1) is 10.8. The van der Waals surface area contributed by atoms with Gasteiger partial charge in [0.15, 0.2) is 0 Å². The van der Waals surface area contributed by atoms with Crippen molar-refractivity contribution in [1.82, 2.24) is 0 Å². The lowest BCUT2D eigenvalue weighted by atomic mass is 10.4. The minimum absolute atomic E-state index is 0.555. The Morgan fingerprint density at radius 2 is 2.08 bits per heavy atom. The minimum Gasteiger partial charge on any atom is -0.490 e. The zero-order chi connectivity index (χ0) is 9.23. The van der Waals surface area contributed by atoms with Crippen LogP contribution in [-0.4, -0.2) is 6.61 Å². The van der Waals surface area contributed by atoms with Crippen LogP contribution in [0.3, 0.4) is 0 Å². The monoisotopic (exact) mass is 164 g/mol. The predicted octanol–water partition coefficient (Wildman–Crippen LogP) is 3.23. The van der Waals surface area contributed by atoms with E-state index in [9.17, 15) is 0 Å². The van der Waals surface area contributed by atoms with Gasteiger partial charge in [0.2, 0.25) is 0 Å². The molecule has 0 aromatic heterocycles. The van der Waals surface area contributed by atoms with Gasteiger partial charge >= 0.3 is 0 Å². The molecule has 0 heterocycles. The maximum Gasteiger partial charge on any atom is 0.115 e. The van der Waals surface area contributed by atoms with Gasteiger partial charge in [-0.3, -0.25) is 0 Å². The zero-order valence-corrected chi connectivity index (χ0v) is 7.79. The molecule has 0 bridgehead atoms. The van der Waals surface area contributed by atoms with E-state index in [4.69, 9.17) is 4.74 Å². The van der Waals surface area contributed by atoms with Crippen molar-refractivity contribution in [2.45, 2.75) is 13.8 Å². The Balaban J connectivity index is 3.91. The fourth-order valence-electron chi connectivity index (χ4n) is 0.644. The van der Waals surface area contributed by atoms with Gasteiger partial charge in [0.25, 0.3) is 0 Å². The molecule has 0 aliphatic carbocycles. The van der Waals surface area contributed by atoms with E-state index in [1.807, 2.05) is 44.2 Å². The Bertz CT molecular complexity index is 197.